The Hall–Kier alpha value is -2.99. The van der Waals surface area contributed by atoms with E-state index in [-0.39, 0.29) is 11.7 Å². The number of anilines is 1. The zero-order chi connectivity index (χ0) is 19.1. The second kappa shape index (κ2) is 6.63. The predicted octanol–water partition coefficient (Wildman–Crippen LogP) is 5.19. The minimum absolute atomic E-state index is 0.282. The summed E-state index contributed by atoms with van der Waals surface area (Å²) in [7, 11) is 0. The van der Waals surface area contributed by atoms with Crippen LogP contribution in [-0.2, 0) is 0 Å². The van der Waals surface area contributed by atoms with Crippen LogP contribution >= 0.6 is 11.6 Å². The molecule has 0 atom stereocenters. The van der Waals surface area contributed by atoms with Gasteiger partial charge >= 0.3 is 0 Å². The van der Waals surface area contributed by atoms with Crippen molar-refractivity contribution in [1.82, 2.24) is 20.2 Å². The molecule has 0 aliphatic carbocycles. The number of aromatic nitrogens is 4. The lowest BCUT2D eigenvalue weighted by Crippen LogP contribution is -1.98. The minimum atomic E-state index is -0.367. The Morgan fingerprint density at radius 3 is 2.63 bits per heavy atom. The van der Waals surface area contributed by atoms with E-state index in [2.05, 4.69) is 34.0 Å². The zero-order valence-corrected chi connectivity index (χ0v) is 15.5. The third-order valence-corrected chi connectivity index (χ3v) is 4.88. The predicted molar refractivity (Wildman–Crippen MR) is 106 cm³/mol. The van der Waals surface area contributed by atoms with E-state index in [4.69, 9.17) is 17.3 Å². The first-order valence-corrected chi connectivity index (χ1v) is 8.86. The van der Waals surface area contributed by atoms with E-state index in [0.29, 0.717) is 32.9 Å². The molecule has 4 aromatic rings. The third-order valence-electron chi connectivity index (χ3n) is 4.55. The van der Waals surface area contributed by atoms with Crippen LogP contribution in [0.2, 0.25) is 5.02 Å². The first-order chi connectivity index (χ1) is 13.0. The van der Waals surface area contributed by atoms with Gasteiger partial charge in [0.1, 0.15) is 11.6 Å². The summed E-state index contributed by atoms with van der Waals surface area (Å²) in [5, 5.41) is 8.58. The van der Waals surface area contributed by atoms with Crippen molar-refractivity contribution in [2.45, 2.75) is 19.8 Å². The molecule has 0 aliphatic heterocycles. The van der Waals surface area contributed by atoms with Gasteiger partial charge in [0.15, 0.2) is 0 Å². The molecule has 3 aromatic heterocycles. The van der Waals surface area contributed by atoms with Crippen LogP contribution < -0.4 is 5.73 Å². The van der Waals surface area contributed by atoms with E-state index in [1.165, 1.54) is 18.3 Å². The van der Waals surface area contributed by atoms with Crippen LogP contribution in [0.25, 0.3) is 33.2 Å². The number of nitrogen functional groups attached to an aromatic ring is 1. The smallest absolute Gasteiger partial charge is 0.132 e. The lowest BCUT2D eigenvalue weighted by molar-refractivity contribution is 0.639. The van der Waals surface area contributed by atoms with Crippen molar-refractivity contribution in [3.05, 3.63) is 59.4 Å². The standard InChI is InChI=1S/C20H17ClFN5/c1-10(2)19-14(9-26-27-19)11-5-13(20(23)25-7-11)18-6-12-15(8-24-18)17(22)4-3-16(12)21/h3-10H,1-2H3,(H2,23,25)(H,26,27). The Morgan fingerprint density at radius 2 is 1.85 bits per heavy atom. The van der Waals surface area contributed by atoms with Gasteiger partial charge in [-0.05, 0) is 30.2 Å². The van der Waals surface area contributed by atoms with Gasteiger partial charge in [-0.25, -0.2) is 9.37 Å². The molecule has 3 N–H and O–H groups in total. The van der Waals surface area contributed by atoms with Crippen LogP contribution in [0.4, 0.5) is 10.2 Å². The Bertz CT molecular complexity index is 1150. The average molecular weight is 382 g/mol. The van der Waals surface area contributed by atoms with Crippen LogP contribution in [0, 0.1) is 5.82 Å². The van der Waals surface area contributed by atoms with Crippen LogP contribution in [-0.4, -0.2) is 20.2 Å². The lowest BCUT2D eigenvalue weighted by atomic mass is 9.99. The summed E-state index contributed by atoms with van der Waals surface area (Å²) in [6, 6.07) is 6.51. The number of hydrogen-bond acceptors (Lipinski definition) is 4. The summed E-state index contributed by atoms with van der Waals surface area (Å²) in [6.45, 7) is 4.17. The van der Waals surface area contributed by atoms with Gasteiger partial charge in [-0.2, -0.15) is 5.10 Å². The molecule has 0 saturated carbocycles. The maximum atomic E-state index is 14.0. The third kappa shape index (κ3) is 3.02. The molecule has 0 aliphatic rings. The number of rotatable bonds is 3. The first-order valence-electron chi connectivity index (χ1n) is 8.49. The Balaban J connectivity index is 1.88. The van der Waals surface area contributed by atoms with Gasteiger partial charge in [0, 0.05) is 50.6 Å². The molecule has 0 bridgehead atoms. The summed E-state index contributed by atoms with van der Waals surface area (Å²) in [5.41, 5.74) is 10.2. The quantitative estimate of drug-likeness (QED) is 0.512. The molecule has 0 fully saturated rings. The SMILES string of the molecule is CC(C)c1[nH]ncc1-c1cnc(N)c(-c2cc3c(Cl)ccc(F)c3cn2)c1. The number of nitrogens with zero attached hydrogens (tertiary/aromatic N) is 3. The highest BCUT2D eigenvalue weighted by Crippen LogP contribution is 2.34. The van der Waals surface area contributed by atoms with E-state index in [1.807, 2.05) is 6.07 Å². The van der Waals surface area contributed by atoms with Gasteiger partial charge in [0.2, 0.25) is 0 Å². The van der Waals surface area contributed by atoms with Gasteiger partial charge in [-0.1, -0.05) is 25.4 Å². The van der Waals surface area contributed by atoms with Crippen molar-refractivity contribution >= 4 is 28.2 Å². The highest BCUT2D eigenvalue weighted by atomic mass is 35.5. The molecule has 7 heteroatoms. The second-order valence-corrected chi connectivity index (χ2v) is 7.06. The van der Waals surface area contributed by atoms with E-state index in [0.717, 1.165) is 16.8 Å². The number of benzene rings is 1. The van der Waals surface area contributed by atoms with Gasteiger partial charge in [-0.15, -0.1) is 0 Å². The van der Waals surface area contributed by atoms with E-state index >= 15 is 0 Å². The summed E-state index contributed by atoms with van der Waals surface area (Å²) in [4.78, 5) is 8.70. The fourth-order valence-corrected chi connectivity index (χ4v) is 3.33. The summed E-state index contributed by atoms with van der Waals surface area (Å²) in [6.07, 6.45) is 4.95. The van der Waals surface area contributed by atoms with E-state index in [1.54, 1.807) is 18.5 Å². The number of hydrogen-bond donors (Lipinski definition) is 2. The highest BCUT2D eigenvalue weighted by molar-refractivity contribution is 6.35. The molecule has 0 amide bonds. The molecule has 0 saturated heterocycles. The summed E-state index contributed by atoms with van der Waals surface area (Å²) >= 11 is 6.24. The molecule has 0 spiro atoms. The second-order valence-electron chi connectivity index (χ2n) is 6.65. The molecular formula is C20H17ClFN5. The number of fused-ring (bicyclic) bond motifs is 1. The van der Waals surface area contributed by atoms with Crippen LogP contribution in [0.5, 0.6) is 0 Å². The Kier molecular flexibility index (Phi) is 4.28. The van der Waals surface area contributed by atoms with Crippen molar-refractivity contribution in [1.29, 1.82) is 0 Å². The number of nitrogens with one attached hydrogen (secondary N) is 1. The normalized spacial score (nSPS) is 11.4. The van der Waals surface area contributed by atoms with Crippen LogP contribution in [0.1, 0.15) is 25.5 Å². The first kappa shape index (κ1) is 17.4. The maximum Gasteiger partial charge on any atom is 0.132 e. The molecule has 27 heavy (non-hydrogen) atoms. The van der Waals surface area contributed by atoms with Gasteiger partial charge in [0.05, 0.1) is 11.9 Å². The zero-order valence-electron chi connectivity index (χ0n) is 14.8. The highest BCUT2D eigenvalue weighted by Gasteiger charge is 2.15. The number of pyridine rings is 2. The molecule has 5 nitrogen and oxygen atoms in total. The van der Waals surface area contributed by atoms with Gasteiger partial charge in [0.25, 0.3) is 0 Å². The number of nitrogens with two attached hydrogens (primary N) is 1. The minimum Gasteiger partial charge on any atom is -0.383 e. The van der Waals surface area contributed by atoms with Crippen molar-refractivity contribution in [3.8, 4) is 22.4 Å². The molecule has 0 radical (unpaired) electrons. The number of aromatic amines is 1. The molecule has 1 aromatic carbocycles. The number of H-pyrrole nitrogens is 1. The van der Waals surface area contributed by atoms with E-state index < -0.39 is 0 Å². The largest absolute Gasteiger partial charge is 0.383 e. The molecule has 136 valence electrons. The van der Waals surface area contributed by atoms with Gasteiger partial charge < -0.3 is 5.73 Å². The van der Waals surface area contributed by atoms with Crippen LogP contribution in [0.15, 0.2) is 42.9 Å². The van der Waals surface area contributed by atoms with Gasteiger partial charge in [-0.3, -0.25) is 10.1 Å². The molecule has 4 rings (SSSR count). The topological polar surface area (TPSA) is 80.5 Å². The molecule has 0 unspecified atom stereocenters. The summed E-state index contributed by atoms with van der Waals surface area (Å²) in [5.74, 6) is 0.255. The van der Waals surface area contributed by atoms with Crippen molar-refractivity contribution in [3.63, 3.8) is 0 Å². The lowest BCUT2D eigenvalue weighted by Gasteiger charge is -2.11. The van der Waals surface area contributed by atoms with Crippen molar-refractivity contribution in [2.24, 2.45) is 0 Å². The monoisotopic (exact) mass is 381 g/mol. The van der Waals surface area contributed by atoms with E-state index in [9.17, 15) is 4.39 Å². The van der Waals surface area contributed by atoms with Crippen molar-refractivity contribution in [2.75, 3.05) is 5.73 Å². The fraction of sp³-hybridized carbons (Fsp3) is 0.150. The summed E-state index contributed by atoms with van der Waals surface area (Å²) < 4.78 is 14.0. The van der Waals surface area contributed by atoms with Crippen molar-refractivity contribution < 1.29 is 4.39 Å². The Morgan fingerprint density at radius 1 is 1.04 bits per heavy atom. The maximum absolute atomic E-state index is 14.0. The Labute approximate surface area is 160 Å². The molecular weight excluding hydrogens is 365 g/mol. The molecule has 3 heterocycles. The number of halogens is 2. The average Bonchev–Trinajstić information content (AvgIpc) is 3.15. The fourth-order valence-electron chi connectivity index (χ4n) is 3.11. The van der Waals surface area contributed by atoms with Crippen LogP contribution in [0.3, 0.4) is 0 Å².